The van der Waals surface area contributed by atoms with Crippen molar-refractivity contribution in [3.8, 4) is 11.5 Å². The average Bonchev–Trinajstić information content (AvgIpc) is 3.02. The molecule has 2 aromatic rings. The van der Waals surface area contributed by atoms with Crippen LogP contribution in [0.2, 0.25) is 0 Å². The Balaban J connectivity index is 1.76. The number of carbonyl (C=O) groups is 1. The lowest BCUT2D eigenvalue weighted by Crippen LogP contribution is -2.39. The van der Waals surface area contributed by atoms with Crippen molar-refractivity contribution >= 4 is 11.8 Å². The van der Waals surface area contributed by atoms with Crippen LogP contribution in [-0.4, -0.2) is 34.4 Å². The Bertz CT molecular complexity index is 580. The number of carboxylic acid groups (broad SMARTS) is 1. The number of aliphatic carboxylic acids is 1. The lowest BCUT2D eigenvalue weighted by molar-refractivity contribution is -0.141. The van der Waals surface area contributed by atoms with Gasteiger partial charge in [-0.15, -0.1) is 10.2 Å². The first-order chi connectivity index (χ1) is 9.74. The maximum Gasteiger partial charge on any atom is 0.308 e. The van der Waals surface area contributed by atoms with Crippen molar-refractivity contribution in [1.29, 1.82) is 0 Å². The van der Waals surface area contributed by atoms with E-state index in [-0.39, 0.29) is 5.92 Å². The summed E-state index contributed by atoms with van der Waals surface area (Å²) in [5, 5.41) is 17.4. The standard InChI is InChI=1S/C14H15N3O3/c18-14(19)10-3-1-7-17(9-10)13-6-5-11(15-16-13)12-4-2-8-20-12/h2,4-6,8,10H,1,3,7,9H2,(H,18,19)/t10-/m1/s1. The quantitative estimate of drug-likeness (QED) is 0.921. The molecule has 6 heteroatoms. The molecule has 0 aromatic carbocycles. The maximum atomic E-state index is 11.1. The second-order valence-electron chi connectivity index (χ2n) is 4.88. The average molecular weight is 273 g/mol. The molecular weight excluding hydrogens is 258 g/mol. The molecule has 1 saturated heterocycles. The van der Waals surface area contributed by atoms with Gasteiger partial charge < -0.3 is 14.4 Å². The minimum absolute atomic E-state index is 0.324. The van der Waals surface area contributed by atoms with Crippen LogP contribution in [0.15, 0.2) is 34.9 Å². The first kappa shape index (κ1) is 12.7. The highest BCUT2D eigenvalue weighted by molar-refractivity contribution is 5.71. The lowest BCUT2D eigenvalue weighted by Gasteiger charge is -2.31. The molecule has 1 atom stereocenters. The van der Waals surface area contributed by atoms with Crippen molar-refractivity contribution < 1.29 is 14.3 Å². The molecule has 1 fully saturated rings. The number of furan rings is 1. The Kier molecular flexibility index (Phi) is 3.37. The van der Waals surface area contributed by atoms with Crippen LogP contribution in [0.4, 0.5) is 5.82 Å². The van der Waals surface area contributed by atoms with Crippen LogP contribution in [-0.2, 0) is 4.79 Å². The molecule has 3 rings (SSSR count). The Morgan fingerprint density at radius 2 is 2.25 bits per heavy atom. The van der Waals surface area contributed by atoms with Gasteiger partial charge in [-0.25, -0.2) is 0 Å². The van der Waals surface area contributed by atoms with Gasteiger partial charge >= 0.3 is 5.97 Å². The molecule has 0 bridgehead atoms. The zero-order chi connectivity index (χ0) is 13.9. The van der Waals surface area contributed by atoms with Gasteiger partial charge in [-0.1, -0.05) is 0 Å². The molecule has 20 heavy (non-hydrogen) atoms. The van der Waals surface area contributed by atoms with Crippen LogP contribution < -0.4 is 4.90 Å². The summed E-state index contributed by atoms with van der Waals surface area (Å²) >= 11 is 0. The molecule has 1 aliphatic rings. The summed E-state index contributed by atoms with van der Waals surface area (Å²) in [6.45, 7) is 1.31. The smallest absolute Gasteiger partial charge is 0.308 e. The van der Waals surface area contributed by atoms with E-state index in [1.807, 2.05) is 23.1 Å². The molecule has 0 spiro atoms. The van der Waals surface area contributed by atoms with Crippen molar-refractivity contribution in [1.82, 2.24) is 10.2 Å². The predicted octanol–water partition coefficient (Wildman–Crippen LogP) is 2.04. The van der Waals surface area contributed by atoms with Crippen LogP contribution in [0.5, 0.6) is 0 Å². The van der Waals surface area contributed by atoms with Gasteiger partial charge in [0.2, 0.25) is 0 Å². The third-order valence-corrected chi connectivity index (χ3v) is 3.52. The molecular formula is C14H15N3O3. The highest BCUT2D eigenvalue weighted by Crippen LogP contribution is 2.23. The number of carboxylic acids is 1. The summed E-state index contributed by atoms with van der Waals surface area (Å²) in [4.78, 5) is 13.0. The fraction of sp³-hybridized carbons (Fsp3) is 0.357. The summed E-state index contributed by atoms with van der Waals surface area (Å²) in [6, 6.07) is 7.32. The number of piperidine rings is 1. The summed E-state index contributed by atoms with van der Waals surface area (Å²) in [6.07, 6.45) is 3.18. The largest absolute Gasteiger partial charge is 0.481 e. The minimum Gasteiger partial charge on any atom is -0.481 e. The number of aromatic nitrogens is 2. The Labute approximate surface area is 116 Å². The van der Waals surface area contributed by atoms with Crippen molar-refractivity contribution in [2.24, 2.45) is 5.92 Å². The Hall–Kier alpha value is -2.37. The van der Waals surface area contributed by atoms with E-state index in [2.05, 4.69) is 10.2 Å². The highest BCUT2D eigenvalue weighted by Gasteiger charge is 2.26. The molecule has 1 N–H and O–H groups in total. The Morgan fingerprint density at radius 1 is 1.35 bits per heavy atom. The molecule has 0 amide bonds. The number of hydrogen-bond acceptors (Lipinski definition) is 5. The zero-order valence-electron chi connectivity index (χ0n) is 10.9. The fourth-order valence-electron chi connectivity index (χ4n) is 2.44. The van der Waals surface area contributed by atoms with Gasteiger partial charge in [0.25, 0.3) is 0 Å². The van der Waals surface area contributed by atoms with E-state index in [0.29, 0.717) is 23.8 Å². The highest BCUT2D eigenvalue weighted by atomic mass is 16.4. The number of rotatable bonds is 3. The second-order valence-corrected chi connectivity index (χ2v) is 4.88. The van der Waals surface area contributed by atoms with E-state index < -0.39 is 5.97 Å². The van der Waals surface area contributed by atoms with Crippen LogP contribution in [0.3, 0.4) is 0 Å². The summed E-state index contributed by atoms with van der Waals surface area (Å²) < 4.78 is 5.26. The van der Waals surface area contributed by atoms with Gasteiger partial charge in [0.1, 0.15) is 5.69 Å². The van der Waals surface area contributed by atoms with Gasteiger partial charge in [0, 0.05) is 13.1 Å². The first-order valence-electron chi connectivity index (χ1n) is 6.59. The second kappa shape index (κ2) is 5.32. The van der Waals surface area contributed by atoms with E-state index in [4.69, 9.17) is 9.52 Å². The number of nitrogens with zero attached hydrogens (tertiary/aromatic N) is 3. The predicted molar refractivity (Wildman–Crippen MR) is 72.3 cm³/mol. The van der Waals surface area contributed by atoms with Crippen molar-refractivity contribution in [2.45, 2.75) is 12.8 Å². The monoisotopic (exact) mass is 273 g/mol. The van der Waals surface area contributed by atoms with Crippen molar-refractivity contribution in [3.05, 3.63) is 30.5 Å². The van der Waals surface area contributed by atoms with E-state index in [1.165, 1.54) is 0 Å². The molecule has 0 saturated carbocycles. The summed E-state index contributed by atoms with van der Waals surface area (Å²) in [7, 11) is 0. The normalized spacial score (nSPS) is 19.0. The molecule has 0 unspecified atom stereocenters. The molecule has 1 aliphatic heterocycles. The molecule has 0 aliphatic carbocycles. The van der Waals surface area contributed by atoms with E-state index >= 15 is 0 Å². The van der Waals surface area contributed by atoms with Gasteiger partial charge in [-0.05, 0) is 37.1 Å². The minimum atomic E-state index is -0.741. The third-order valence-electron chi connectivity index (χ3n) is 3.52. The van der Waals surface area contributed by atoms with Crippen LogP contribution in [0, 0.1) is 5.92 Å². The molecule has 0 radical (unpaired) electrons. The topological polar surface area (TPSA) is 79.5 Å². The van der Waals surface area contributed by atoms with Gasteiger partial charge in [-0.3, -0.25) is 4.79 Å². The van der Waals surface area contributed by atoms with Crippen LogP contribution in [0.25, 0.3) is 11.5 Å². The van der Waals surface area contributed by atoms with E-state index in [9.17, 15) is 4.79 Å². The van der Waals surface area contributed by atoms with Gasteiger partial charge in [0.15, 0.2) is 11.6 Å². The first-order valence-corrected chi connectivity index (χ1v) is 6.59. The van der Waals surface area contributed by atoms with E-state index in [1.54, 1.807) is 12.3 Å². The molecule has 2 aromatic heterocycles. The van der Waals surface area contributed by atoms with Gasteiger partial charge in [-0.2, -0.15) is 0 Å². The van der Waals surface area contributed by atoms with Crippen molar-refractivity contribution in [2.75, 3.05) is 18.0 Å². The van der Waals surface area contributed by atoms with Crippen LogP contribution in [0.1, 0.15) is 12.8 Å². The molecule has 104 valence electrons. The maximum absolute atomic E-state index is 11.1. The van der Waals surface area contributed by atoms with Gasteiger partial charge in [0.05, 0.1) is 12.2 Å². The molecule has 6 nitrogen and oxygen atoms in total. The summed E-state index contributed by atoms with van der Waals surface area (Å²) in [5.74, 6) is 0.322. The van der Waals surface area contributed by atoms with Crippen LogP contribution >= 0.6 is 0 Å². The lowest BCUT2D eigenvalue weighted by atomic mass is 9.98. The molecule has 3 heterocycles. The number of hydrogen-bond donors (Lipinski definition) is 1. The zero-order valence-corrected chi connectivity index (χ0v) is 10.9. The number of anilines is 1. The SMILES string of the molecule is O=C(O)[C@@H]1CCCN(c2ccc(-c3ccco3)nn2)C1. The Morgan fingerprint density at radius 3 is 2.90 bits per heavy atom. The summed E-state index contributed by atoms with van der Waals surface area (Å²) in [5.41, 5.74) is 0.672. The fourth-order valence-corrected chi connectivity index (χ4v) is 2.44. The van der Waals surface area contributed by atoms with E-state index in [0.717, 1.165) is 19.4 Å². The third kappa shape index (κ3) is 2.49. The van der Waals surface area contributed by atoms with Crippen molar-refractivity contribution in [3.63, 3.8) is 0 Å².